The molecule has 2 aromatic carbocycles. The predicted octanol–water partition coefficient (Wildman–Crippen LogP) is 3.14. The topological polar surface area (TPSA) is 38.3 Å². The van der Waals surface area contributed by atoms with Gasteiger partial charge in [-0.25, -0.2) is 4.39 Å². The maximum atomic E-state index is 12.7. The molecule has 0 unspecified atom stereocenters. The van der Waals surface area contributed by atoms with Crippen LogP contribution in [0.3, 0.4) is 0 Å². The summed E-state index contributed by atoms with van der Waals surface area (Å²) in [4.78, 5) is 11.7. The molecule has 1 amide bonds. The van der Waals surface area contributed by atoms with Crippen molar-refractivity contribution in [2.24, 2.45) is 0 Å². The van der Waals surface area contributed by atoms with Crippen LogP contribution in [-0.2, 0) is 11.3 Å². The van der Waals surface area contributed by atoms with Crippen molar-refractivity contribution in [1.29, 1.82) is 0 Å². The van der Waals surface area contributed by atoms with Crippen LogP contribution >= 0.6 is 0 Å². The van der Waals surface area contributed by atoms with Crippen LogP contribution in [0.2, 0.25) is 0 Å². The molecule has 0 aliphatic carbocycles. The number of halogens is 1. The molecule has 0 bridgehead atoms. The van der Waals surface area contributed by atoms with Gasteiger partial charge in [-0.05, 0) is 54.8 Å². The minimum absolute atomic E-state index is 0.0380. The number of amides is 1. The van der Waals surface area contributed by atoms with Gasteiger partial charge in [0.15, 0.2) is 6.61 Å². The van der Waals surface area contributed by atoms with Crippen molar-refractivity contribution in [3.8, 4) is 5.75 Å². The number of rotatable bonds is 5. The highest BCUT2D eigenvalue weighted by Gasteiger charge is 2.04. The van der Waals surface area contributed by atoms with Crippen LogP contribution in [0.25, 0.3) is 0 Å². The molecule has 0 aliphatic heterocycles. The second-order valence-electron chi connectivity index (χ2n) is 4.94. The lowest BCUT2D eigenvalue weighted by Gasteiger charge is -2.09. The van der Waals surface area contributed by atoms with Crippen LogP contribution in [0.5, 0.6) is 5.75 Å². The predicted molar refractivity (Wildman–Crippen MR) is 79.7 cm³/mol. The molecule has 0 saturated heterocycles. The summed E-state index contributed by atoms with van der Waals surface area (Å²) in [6.45, 7) is 4.34. The number of hydrogen-bond donors (Lipinski definition) is 1. The Bertz CT molecular complexity index is 623. The van der Waals surface area contributed by atoms with E-state index in [0.29, 0.717) is 12.3 Å². The molecular formula is C17H18FNO2. The first-order valence-electron chi connectivity index (χ1n) is 6.76. The minimum Gasteiger partial charge on any atom is -0.484 e. The Morgan fingerprint density at radius 2 is 1.81 bits per heavy atom. The van der Waals surface area contributed by atoms with Gasteiger partial charge in [0, 0.05) is 6.54 Å². The molecule has 0 aliphatic rings. The Labute approximate surface area is 123 Å². The van der Waals surface area contributed by atoms with E-state index in [-0.39, 0.29) is 18.3 Å². The van der Waals surface area contributed by atoms with Gasteiger partial charge in [0.25, 0.3) is 5.91 Å². The first-order chi connectivity index (χ1) is 10.0. The third kappa shape index (κ3) is 4.60. The van der Waals surface area contributed by atoms with Crippen LogP contribution in [-0.4, -0.2) is 12.5 Å². The largest absolute Gasteiger partial charge is 0.484 e. The fourth-order valence-corrected chi connectivity index (χ4v) is 1.81. The average Bonchev–Trinajstić information content (AvgIpc) is 2.48. The van der Waals surface area contributed by atoms with Crippen LogP contribution < -0.4 is 10.1 Å². The zero-order valence-electron chi connectivity index (χ0n) is 12.2. The lowest BCUT2D eigenvalue weighted by Crippen LogP contribution is -2.28. The van der Waals surface area contributed by atoms with Crippen molar-refractivity contribution in [1.82, 2.24) is 5.32 Å². The Morgan fingerprint density at radius 1 is 1.10 bits per heavy atom. The van der Waals surface area contributed by atoms with Gasteiger partial charge in [0.1, 0.15) is 11.6 Å². The summed E-state index contributed by atoms with van der Waals surface area (Å²) < 4.78 is 18.2. The lowest BCUT2D eigenvalue weighted by atomic mass is 10.1. The fourth-order valence-electron chi connectivity index (χ4n) is 1.81. The van der Waals surface area contributed by atoms with E-state index in [1.165, 1.54) is 17.7 Å². The summed E-state index contributed by atoms with van der Waals surface area (Å²) in [5.41, 5.74) is 3.15. The third-order valence-corrected chi connectivity index (χ3v) is 3.25. The Morgan fingerprint density at radius 3 is 2.48 bits per heavy atom. The summed E-state index contributed by atoms with van der Waals surface area (Å²) in [6.07, 6.45) is 0. The molecule has 0 heterocycles. The van der Waals surface area contributed by atoms with Crippen molar-refractivity contribution < 1.29 is 13.9 Å². The first kappa shape index (κ1) is 15.0. The molecule has 0 atom stereocenters. The van der Waals surface area contributed by atoms with E-state index in [0.717, 1.165) is 11.1 Å². The van der Waals surface area contributed by atoms with Crippen molar-refractivity contribution in [2.75, 3.05) is 6.61 Å². The normalized spacial score (nSPS) is 10.2. The SMILES string of the molecule is Cc1ccc(OCC(=O)NCc2ccc(F)cc2)cc1C. The van der Waals surface area contributed by atoms with Gasteiger partial charge in [-0.15, -0.1) is 0 Å². The molecule has 21 heavy (non-hydrogen) atoms. The number of aryl methyl sites for hydroxylation is 2. The van der Waals surface area contributed by atoms with Gasteiger partial charge < -0.3 is 10.1 Å². The van der Waals surface area contributed by atoms with Gasteiger partial charge in [-0.1, -0.05) is 18.2 Å². The molecule has 0 saturated carbocycles. The molecule has 0 fully saturated rings. The molecule has 2 rings (SSSR count). The van der Waals surface area contributed by atoms with Gasteiger partial charge in [-0.3, -0.25) is 4.79 Å². The van der Waals surface area contributed by atoms with Crippen LogP contribution in [0, 0.1) is 19.7 Å². The summed E-state index contributed by atoms with van der Waals surface area (Å²) in [7, 11) is 0. The number of ether oxygens (including phenoxy) is 1. The second-order valence-corrected chi connectivity index (χ2v) is 4.94. The quantitative estimate of drug-likeness (QED) is 0.917. The Kier molecular flexibility index (Phi) is 4.93. The standard InChI is InChI=1S/C17H18FNO2/c1-12-3-8-16(9-13(12)2)21-11-17(20)19-10-14-4-6-15(18)7-5-14/h3-9H,10-11H2,1-2H3,(H,19,20). The average molecular weight is 287 g/mol. The summed E-state index contributed by atoms with van der Waals surface area (Å²) in [5.74, 6) is 0.177. The molecular weight excluding hydrogens is 269 g/mol. The van der Waals surface area contributed by atoms with E-state index in [1.807, 2.05) is 32.0 Å². The van der Waals surface area contributed by atoms with E-state index < -0.39 is 0 Å². The molecule has 0 aromatic heterocycles. The number of nitrogens with one attached hydrogen (secondary N) is 1. The van der Waals surface area contributed by atoms with Crippen LogP contribution in [0.1, 0.15) is 16.7 Å². The second kappa shape index (κ2) is 6.88. The highest BCUT2D eigenvalue weighted by Crippen LogP contribution is 2.16. The van der Waals surface area contributed by atoms with E-state index in [9.17, 15) is 9.18 Å². The molecule has 0 spiro atoms. The molecule has 4 heteroatoms. The smallest absolute Gasteiger partial charge is 0.258 e. The maximum Gasteiger partial charge on any atom is 0.258 e. The lowest BCUT2D eigenvalue weighted by molar-refractivity contribution is -0.123. The molecule has 3 nitrogen and oxygen atoms in total. The van der Waals surface area contributed by atoms with Gasteiger partial charge in [0.05, 0.1) is 0 Å². The molecule has 2 aromatic rings. The Hall–Kier alpha value is -2.36. The summed E-state index contributed by atoms with van der Waals surface area (Å²) >= 11 is 0. The number of benzene rings is 2. The molecule has 110 valence electrons. The number of carbonyl (C=O) groups excluding carboxylic acids is 1. The zero-order chi connectivity index (χ0) is 15.2. The van der Waals surface area contributed by atoms with Crippen molar-refractivity contribution in [3.63, 3.8) is 0 Å². The van der Waals surface area contributed by atoms with Gasteiger partial charge in [0.2, 0.25) is 0 Å². The Balaban J connectivity index is 1.79. The monoisotopic (exact) mass is 287 g/mol. The minimum atomic E-state index is -0.289. The van der Waals surface area contributed by atoms with E-state index in [1.54, 1.807) is 12.1 Å². The third-order valence-electron chi connectivity index (χ3n) is 3.25. The van der Waals surface area contributed by atoms with Gasteiger partial charge >= 0.3 is 0 Å². The first-order valence-corrected chi connectivity index (χ1v) is 6.76. The number of carbonyl (C=O) groups is 1. The fraction of sp³-hybridized carbons (Fsp3) is 0.235. The molecule has 0 radical (unpaired) electrons. The van der Waals surface area contributed by atoms with Crippen molar-refractivity contribution >= 4 is 5.91 Å². The highest BCUT2D eigenvalue weighted by molar-refractivity contribution is 5.77. The van der Waals surface area contributed by atoms with Crippen molar-refractivity contribution in [2.45, 2.75) is 20.4 Å². The van der Waals surface area contributed by atoms with E-state index in [4.69, 9.17) is 4.74 Å². The molecule has 1 N–H and O–H groups in total. The van der Waals surface area contributed by atoms with Crippen LogP contribution in [0.15, 0.2) is 42.5 Å². The van der Waals surface area contributed by atoms with E-state index in [2.05, 4.69) is 5.32 Å². The van der Waals surface area contributed by atoms with Crippen LogP contribution in [0.4, 0.5) is 4.39 Å². The maximum absolute atomic E-state index is 12.7. The zero-order valence-corrected chi connectivity index (χ0v) is 12.2. The highest BCUT2D eigenvalue weighted by atomic mass is 19.1. The van der Waals surface area contributed by atoms with Gasteiger partial charge in [-0.2, -0.15) is 0 Å². The number of hydrogen-bond acceptors (Lipinski definition) is 2. The van der Waals surface area contributed by atoms with E-state index >= 15 is 0 Å². The summed E-state index contributed by atoms with van der Waals surface area (Å²) in [6, 6.07) is 11.7. The summed E-state index contributed by atoms with van der Waals surface area (Å²) in [5, 5.41) is 2.73. The van der Waals surface area contributed by atoms with Crippen molar-refractivity contribution in [3.05, 3.63) is 65.0 Å².